The average Bonchev–Trinajstić information content (AvgIpc) is 0. The molecule has 0 heterocycles. The molecule has 0 unspecified atom stereocenters. The van der Waals surface area contributed by atoms with Crippen LogP contribution in [0.4, 0.5) is 14.1 Å². The Morgan fingerprint density at radius 1 is 0.500 bits per heavy atom. The van der Waals surface area contributed by atoms with Gasteiger partial charge in [-0.15, -0.1) is 0 Å². The zero-order valence-electron chi connectivity index (χ0n) is 1.49. The molecular weight excluding hydrogens is 230 g/mol. The molecular formula is H3F3Yb. The van der Waals surface area contributed by atoms with E-state index in [1.165, 1.54) is 0 Å². The summed E-state index contributed by atoms with van der Waals surface area (Å²) in [5, 5.41) is 0. The summed E-state index contributed by atoms with van der Waals surface area (Å²) in [6, 6.07) is 0. The Labute approximate surface area is 60.3 Å². The minimum absolute atomic E-state index is 0. The number of hydrogen-bond acceptors (Lipinski definition) is 0. The molecule has 0 saturated heterocycles. The van der Waals surface area contributed by atoms with E-state index in [1.807, 2.05) is 0 Å². The maximum absolute atomic E-state index is 0. The fourth-order valence-electron chi connectivity index (χ4n) is 0. The summed E-state index contributed by atoms with van der Waals surface area (Å²) in [6.07, 6.45) is 0. The van der Waals surface area contributed by atoms with Gasteiger partial charge in [-0.1, -0.05) is 0 Å². The summed E-state index contributed by atoms with van der Waals surface area (Å²) < 4.78 is 0. The van der Waals surface area contributed by atoms with Crippen molar-refractivity contribution in [1.82, 2.24) is 0 Å². The average molecular weight is 233 g/mol. The van der Waals surface area contributed by atoms with Crippen LogP contribution in [0.25, 0.3) is 0 Å². The van der Waals surface area contributed by atoms with Crippen molar-refractivity contribution in [3.8, 4) is 0 Å². The SMILES string of the molecule is F.F.F.[Yb]. The topological polar surface area (TPSA) is 0 Å². The van der Waals surface area contributed by atoms with Gasteiger partial charge in [0.2, 0.25) is 0 Å². The van der Waals surface area contributed by atoms with E-state index < -0.39 is 0 Å². The van der Waals surface area contributed by atoms with E-state index >= 15 is 0 Å². The van der Waals surface area contributed by atoms with E-state index in [4.69, 9.17) is 0 Å². The van der Waals surface area contributed by atoms with E-state index in [2.05, 4.69) is 0 Å². The largest absolute Gasteiger partial charge is 0.269 e. The van der Waals surface area contributed by atoms with Crippen LogP contribution in [0.1, 0.15) is 0 Å². The molecule has 0 aliphatic rings. The van der Waals surface area contributed by atoms with Crippen molar-refractivity contribution in [1.29, 1.82) is 0 Å². The number of halogens is 3. The Morgan fingerprint density at radius 3 is 0.500 bits per heavy atom. The maximum Gasteiger partial charge on any atom is 0 e. The zero-order chi connectivity index (χ0) is 0. The molecule has 0 spiro atoms. The van der Waals surface area contributed by atoms with Gasteiger partial charge in [0.25, 0.3) is 0 Å². The van der Waals surface area contributed by atoms with Gasteiger partial charge in [-0.2, -0.15) is 0 Å². The normalized spacial score (nSPS) is 0. The zero-order valence-corrected chi connectivity index (χ0v) is 3.21. The molecule has 38 valence electrons. The van der Waals surface area contributed by atoms with Crippen molar-refractivity contribution < 1.29 is 61.0 Å². The molecule has 0 aliphatic heterocycles. The summed E-state index contributed by atoms with van der Waals surface area (Å²) in [6.45, 7) is 0. The van der Waals surface area contributed by atoms with Crippen molar-refractivity contribution >= 4 is 0 Å². The molecule has 0 nitrogen and oxygen atoms in total. The van der Waals surface area contributed by atoms with Gasteiger partial charge < -0.3 is 0 Å². The Morgan fingerprint density at radius 2 is 0.500 bits per heavy atom. The van der Waals surface area contributed by atoms with Crippen LogP contribution in [-0.2, 0) is 0 Å². The predicted molar refractivity (Wildman–Crippen MR) is 7.51 cm³/mol. The molecule has 0 bridgehead atoms. The van der Waals surface area contributed by atoms with Gasteiger partial charge in [0.05, 0.1) is 0 Å². The molecule has 0 atom stereocenters. The van der Waals surface area contributed by atoms with Crippen molar-refractivity contribution in [3.05, 3.63) is 0 Å². The molecule has 0 amide bonds. The third-order valence-electron chi connectivity index (χ3n) is 0. The van der Waals surface area contributed by atoms with Crippen LogP contribution < -0.4 is 0 Å². The van der Waals surface area contributed by atoms with Gasteiger partial charge in [-0.3, -0.25) is 14.1 Å². The Balaban J connectivity index is 0. The fraction of sp³-hybridized carbons (Fsp3) is 0. The molecule has 0 aromatic heterocycles. The summed E-state index contributed by atoms with van der Waals surface area (Å²) in [5.74, 6) is 0. The molecule has 4 heavy (non-hydrogen) atoms. The standard InChI is InChI=1S/3FH.Yb/h3*1H;. The van der Waals surface area contributed by atoms with Gasteiger partial charge in [0, 0.05) is 46.9 Å². The van der Waals surface area contributed by atoms with Gasteiger partial charge in [-0.05, 0) is 0 Å². The molecule has 0 aromatic carbocycles. The first kappa shape index (κ1) is 57.5. The second kappa shape index (κ2) is 27.5. The van der Waals surface area contributed by atoms with E-state index in [0.29, 0.717) is 0 Å². The second-order valence-electron chi connectivity index (χ2n) is 0. The minimum atomic E-state index is 0. The molecule has 0 aliphatic carbocycles. The molecule has 0 fully saturated rings. The quantitative estimate of drug-likeness (QED) is 0.570. The molecule has 0 saturated carbocycles. The van der Waals surface area contributed by atoms with Crippen LogP contribution in [0.3, 0.4) is 0 Å². The van der Waals surface area contributed by atoms with Crippen LogP contribution in [0.2, 0.25) is 0 Å². The summed E-state index contributed by atoms with van der Waals surface area (Å²) in [4.78, 5) is 0. The van der Waals surface area contributed by atoms with Crippen LogP contribution in [0.15, 0.2) is 0 Å². The van der Waals surface area contributed by atoms with Crippen molar-refractivity contribution in [2.75, 3.05) is 0 Å². The van der Waals surface area contributed by atoms with E-state index in [1.54, 1.807) is 0 Å². The van der Waals surface area contributed by atoms with Crippen molar-refractivity contribution in [2.24, 2.45) is 0 Å². The van der Waals surface area contributed by atoms with Crippen LogP contribution in [0, 0.1) is 46.9 Å². The molecule has 0 radical (unpaired) electrons. The Bertz CT molecular complexity index is 3.25. The summed E-state index contributed by atoms with van der Waals surface area (Å²) >= 11 is 0. The summed E-state index contributed by atoms with van der Waals surface area (Å²) in [7, 11) is 0. The van der Waals surface area contributed by atoms with Crippen molar-refractivity contribution in [2.45, 2.75) is 0 Å². The van der Waals surface area contributed by atoms with Gasteiger partial charge in [0.1, 0.15) is 0 Å². The smallest absolute Gasteiger partial charge is 0 e. The third kappa shape index (κ3) is 10.3. The predicted octanol–water partition coefficient (Wildman–Crippen LogP) is 0.458. The van der Waals surface area contributed by atoms with E-state index in [-0.39, 0.29) is 61.0 Å². The Hall–Kier alpha value is 1.31. The first-order valence-electron chi connectivity index (χ1n) is 0. The first-order chi connectivity index (χ1) is 0. The third-order valence-corrected chi connectivity index (χ3v) is 0. The fourth-order valence-corrected chi connectivity index (χ4v) is 0. The summed E-state index contributed by atoms with van der Waals surface area (Å²) in [5.41, 5.74) is 0. The van der Waals surface area contributed by atoms with Gasteiger partial charge >= 0.3 is 0 Å². The van der Waals surface area contributed by atoms with Crippen molar-refractivity contribution in [3.63, 3.8) is 0 Å². The first-order valence-corrected chi connectivity index (χ1v) is 0. The van der Waals surface area contributed by atoms with E-state index in [0.717, 1.165) is 0 Å². The minimum Gasteiger partial charge on any atom is -0.269 e. The van der Waals surface area contributed by atoms with Gasteiger partial charge in [-0.25, -0.2) is 0 Å². The molecule has 0 aromatic rings. The maximum atomic E-state index is 0. The molecule has 0 N–H and O–H groups in total. The molecule has 4 heteroatoms. The monoisotopic (exact) mass is 234 g/mol. The number of hydrogen-bond donors (Lipinski definition) is 0. The van der Waals surface area contributed by atoms with Crippen LogP contribution >= 0.6 is 0 Å². The van der Waals surface area contributed by atoms with E-state index in [9.17, 15) is 0 Å². The van der Waals surface area contributed by atoms with Gasteiger partial charge in [0.15, 0.2) is 0 Å². The second-order valence-corrected chi connectivity index (χ2v) is 0. The van der Waals surface area contributed by atoms with Crippen LogP contribution in [-0.4, -0.2) is 0 Å². The number of rotatable bonds is 0. The van der Waals surface area contributed by atoms with Crippen LogP contribution in [0.5, 0.6) is 0 Å². The molecule has 0 rings (SSSR count). The Kier molecular flexibility index (Phi) is 396.